The second-order valence-corrected chi connectivity index (χ2v) is 12.3. The van der Waals surface area contributed by atoms with Gasteiger partial charge in [-0.25, -0.2) is 14.6 Å². The molecule has 0 saturated carbocycles. The number of carbonyl (C=O) groups is 3. The number of esters is 2. The van der Waals surface area contributed by atoms with Crippen LogP contribution in [0.5, 0.6) is 0 Å². The number of amides is 1. The molecule has 0 saturated heterocycles. The van der Waals surface area contributed by atoms with Crippen molar-refractivity contribution < 1.29 is 23.9 Å². The van der Waals surface area contributed by atoms with Crippen LogP contribution in [0.15, 0.2) is 11.1 Å². The van der Waals surface area contributed by atoms with E-state index in [1.807, 2.05) is 6.07 Å². The summed E-state index contributed by atoms with van der Waals surface area (Å²) < 4.78 is 10.2. The normalized spacial score (nSPS) is 14.8. The van der Waals surface area contributed by atoms with Crippen LogP contribution in [0.2, 0.25) is 0 Å². The van der Waals surface area contributed by atoms with Crippen molar-refractivity contribution in [3.63, 3.8) is 0 Å². The summed E-state index contributed by atoms with van der Waals surface area (Å²) >= 11 is 2.37. The fraction of sp³-hybridized carbons (Fsp3) is 0.536. The van der Waals surface area contributed by atoms with Gasteiger partial charge in [0, 0.05) is 17.9 Å². The summed E-state index contributed by atoms with van der Waals surface area (Å²) in [5, 5.41) is 13.4. The highest BCUT2D eigenvalue weighted by molar-refractivity contribution is 7.99. The third-order valence-electron chi connectivity index (χ3n) is 6.61. The van der Waals surface area contributed by atoms with Crippen LogP contribution in [0.1, 0.15) is 89.9 Å². The summed E-state index contributed by atoms with van der Waals surface area (Å²) in [5.74, 6) is -0.514. The van der Waals surface area contributed by atoms with Gasteiger partial charge in [-0.15, -0.1) is 23.1 Å². The van der Waals surface area contributed by atoms with Gasteiger partial charge in [0.2, 0.25) is 5.91 Å². The lowest BCUT2D eigenvalue weighted by atomic mass is 9.71. The molecular formula is C28H35N3O5S2. The SMILES string of the molecule is CCOC(=O)c1sc(NC(=O)CCSc2nc3c(cc2C#N)CC(C(C)(C)C)CC3)c(C(=O)OCC)c1C. The van der Waals surface area contributed by atoms with Crippen LogP contribution < -0.4 is 5.32 Å². The molecule has 204 valence electrons. The summed E-state index contributed by atoms with van der Waals surface area (Å²) in [6.45, 7) is 12.1. The number of nitrogens with one attached hydrogen (secondary N) is 1. The number of nitrogens with zero attached hydrogens (tertiary/aromatic N) is 2. The van der Waals surface area contributed by atoms with Crippen molar-refractivity contribution in [1.82, 2.24) is 4.98 Å². The lowest BCUT2D eigenvalue weighted by molar-refractivity contribution is -0.115. The Hall–Kier alpha value is -2.90. The Morgan fingerprint density at radius 2 is 1.89 bits per heavy atom. The molecule has 0 aromatic carbocycles. The highest BCUT2D eigenvalue weighted by atomic mass is 32.2. The van der Waals surface area contributed by atoms with Crippen molar-refractivity contribution in [2.45, 2.75) is 72.3 Å². The van der Waals surface area contributed by atoms with Gasteiger partial charge in [0.05, 0.1) is 24.3 Å². The number of fused-ring (bicyclic) bond motifs is 1. The molecule has 1 atom stereocenters. The summed E-state index contributed by atoms with van der Waals surface area (Å²) in [7, 11) is 0. The minimum atomic E-state index is -0.605. The highest BCUT2D eigenvalue weighted by Gasteiger charge is 2.30. The topological polar surface area (TPSA) is 118 Å². The first-order valence-corrected chi connectivity index (χ1v) is 14.6. The van der Waals surface area contributed by atoms with Crippen LogP contribution in [0.25, 0.3) is 0 Å². The van der Waals surface area contributed by atoms with Crippen molar-refractivity contribution in [3.8, 4) is 6.07 Å². The maximum atomic E-state index is 12.8. The Bertz CT molecular complexity index is 1260. The maximum absolute atomic E-state index is 12.8. The lowest BCUT2D eigenvalue weighted by Crippen LogP contribution is -2.27. The number of ether oxygens (including phenoxy) is 2. The minimum Gasteiger partial charge on any atom is -0.462 e. The van der Waals surface area contributed by atoms with Crippen LogP contribution in [0.3, 0.4) is 0 Å². The Labute approximate surface area is 232 Å². The second-order valence-electron chi connectivity index (χ2n) is 10.2. The van der Waals surface area contributed by atoms with E-state index in [4.69, 9.17) is 14.5 Å². The number of aryl methyl sites for hydroxylation is 1. The predicted octanol–water partition coefficient (Wildman–Crippen LogP) is 5.95. The molecule has 10 heteroatoms. The van der Waals surface area contributed by atoms with E-state index in [2.05, 4.69) is 32.2 Å². The van der Waals surface area contributed by atoms with Crippen molar-refractivity contribution in [2.24, 2.45) is 11.3 Å². The molecule has 3 rings (SSSR count). The third-order valence-corrected chi connectivity index (χ3v) is 8.79. The first-order valence-electron chi connectivity index (χ1n) is 12.8. The summed E-state index contributed by atoms with van der Waals surface area (Å²) in [4.78, 5) is 42.7. The van der Waals surface area contributed by atoms with Gasteiger partial charge >= 0.3 is 11.9 Å². The van der Waals surface area contributed by atoms with E-state index in [-0.39, 0.29) is 46.4 Å². The van der Waals surface area contributed by atoms with E-state index >= 15 is 0 Å². The van der Waals surface area contributed by atoms with Crippen LogP contribution in [0, 0.1) is 29.6 Å². The van der Waals surface area contributed by atoms with Crippen LogP contribution >= 0.6 is 23.1 Å². The molecule has 8 nitrogen and oxygen atoms in total. The number of carbonyl (C=O) groups excluding carboxylic acids is 3. The molecule has 2 aromatic heterocycles. The molecule has 0 bridgehead atoms. The Kier molecular flexibility index (Phi) is 9.96. The zero-order chi connectivity index (χ0) is 28.0. The fourth-order valence-corrected chi connectivity index (χ4v) is 6.47. The zero-order valence-electron chi connectivity index (χ0n) is 22.9. The molecule has 2 heterocycles. The van der Waals surface area contributed by atoms with E-state index in [1.54, 1.807) is 20.8 Å². The molecule has 0 spiro atoms. The Morgan fingerprint density at radius 3 is 2.53 bits per heavy atom. The first kappa shape index (κ1) is 29.7. The molecule has 0 fully saturated rings. The second kappa shape index (κ2) is 12.8. The maximum Gasteiger partial charge on any atom is 0.348 e. The average molecular weight is 558 g/mol. The number of rotatable bonds is 9. The summed E-state index contributed by atoms with van der Waals surface area (Å²) in [6, 6.07) is 4.22. The molecule has 1 aliphatic carbocycles. The lowest BCUT2D eigenvalue weighted by Gasteiger charge is -2.34. The fourth-order valence-electron chi connectivity index (χ4n) is 4.45. The molecule has 1 N–H and O–H groups in total. The van der Waals surface area contributed by atoms with Gasteiger partial charge in [-0.05, 0) is 68.6 Å². The van der Waals surface area contributed by atoms with E-state index in [0.29, 0.717) is 27.8 Å². The molecule has 0 aliphatic heterocycles. The van der Waals surface area contributed by atoms with Gasteiger partial charge in [0.15, 0.2) is 0 Å². The number of hydrogen-bond acceptors (Lipinski definition) is 9. The minimum absolute atomic E-state index is 0.133. The van der Waals surface area contributed by atoms with E-state index in [9.17, 15) is 19.6 Å². The number of thiophene rings is 1. The van der Waals surface area contributed by atoms with Crippen LogP contribution in [-0.2, 0) is 27.1 Å². The molecule has 2 aromatic rings. The Morgan fingerprint density at radius 1 is 1.21 bits per heavy atom. The largest absolute Gasteiger partial charge is 0.462 e. The number of thioether (sulfide) groups is 1. The first-order chi connectivity index (χ1) is 18.0. The molecule has 0 radical (unpaired) electrons. The van der Waals surface area contributed by atoms with E-state index in [0.717, 1.165) is 41.9 Å². The van der Waals surface area contributed by atoms with Crippen molar-refractivity contribution >= 4 is 45.9 Å². The van der Waals surface area contributed by atoms with Crippen LogP contribution in [-0.4, -0.2) is 41.8 Å². The number of pyridine rings is 1. The number of hydrogen-bond donors (Lipinski definition) is 1. The molecule has 38 heavy (non-hydrogen) atoms. The Balaban J connectivity index is 1.70. The standard InChI is InChI=1S/C28H35N3O5S2/c1-7-35-26(33)22-16(3)23(27(34)36-8-2)38-25(22)31-21(32)11-12-37-24-18(15-29)13-17-14-19(28(4,5)6)9-10-20(17)30-24/h13,19H,7-12,14H2,1-6H3,(H,31,32). The quantitative estimate of drug-likeness (QED) is 0.297. The average Bonchev–Trinajstić information content (AvgIpc) is 3.18. The van der Waals surface area contributed by atoms with Gasteiger partial charge in [-0.1, -0.05) is 20.8 Å². The highest BCUT2D eigenvalue weighted by Crippen LogP contribution is 2.38. The van der Waals surface area contributed by atoms with Gasteiger partial charge < -0.3 is 14.8 Å². The predicted molar refractivity (Wildman–Crippen MR) is 149 cm³/mol. The number of nitriles is 1. The van der Waals surface area contributed by atoms with E-state index < -0.39 is 11.9 Å². The summed E-state index contributed by atoms with van der Waals surface area (Å²) in [6.07, 6.45) is 3.01. The number of anilines is 1. The zero-order valence-corrected chi connectivity index (χ0v) is 24.5. The van der Waals surface area contributed by atoms with Crippen molar-refractivity contribution in [1.29, 1.82) is 5.26 Å². The third kappa shape index (κ3) is 6.94. The van der Waals surface area contributed by atoms with Gasteiger partial charge in [-0.3, -0.25) is 4.79 Å². The molecule has 1 unspecified atom stereocenters. The molecule has 1 aliphatic rings. The molecule has 1 amide bonds. The van der Waals surface area contributed by atoms with Gasteiger partial charge in [0.25, 0.3) is 0 Å². The van der Waals surface area contributed by atoms with Gasteiger partial charge in [0.1, 0.15) is 21.0 Å². The summed E-state index contributed by atoms with van der Waals surface area (Å²) in [5.41, 5.74) is 3.50. The smallest absolute Gasteiger partial charge is 0.348 e. The van der Waals surface area contributed by atoms with Gasteiger partial charge in [-0.2, -0.15) is 5.26 Å². The van der Waals surface area contributed by atoms with Crippen molar-refractivity contribution in [2.75, 3.05) is 24.3 Å². The number of aromatic nitrogens is 1. The monoisotopic (exact) mass is 557 g/mol. The van der Waals surface area contributed by atoms with Crippen LogP contribution in [0.4, 0.5) is 5.00 Å². The van der Waals surface area contributed by atoms with Crippen molar-refractivity contribution in [3.05, 3.63) is 38.9 Å². The van der Waals surface area contributed by atoms with E-state index in [1.165, 1.54) is 11.8 Å². The molecular weight excluding hydrogens is 522 g/mol.